The molecule has 0 bridgehead atoms. The van der Waals surface area contributed by atoms with E-state index in [1.165, 1.54) is 11.3 Å². The van der Waals surface area contributed by atoms with Gasteiger partial charge in [0.05, 0.1) is 29.3 Å². The van der Waals surface area contributed by atoms with Crippen molar-refractivity contribution < 1.29 is 24.5 Å². The maximum absolute atomic E-state index is 13.1. The maximum atomic E-state index is 13.1. The fraction of sp³-hybridized carbons (Fsp3) is 0.278. The molecule has 2 N–H and O–H groups in total. The molecule has 0 saturated heterocycles. The first kappa shape index (κ1) is 18.4. The number of hydrogen-bond acceptors (Lipinski definition) is 6. The van der Waals surface area contributed by atoms with Crippen molar-refractivity contribution in [2.75, 3.05) is 6.61 Å². The second-order valence-electron chi connectivity index (χ2n) is 5.79. The second kappa shape index (κ2) is 7.09. The molecule has 1 aromatic heterocycles. The van der Waals surface area contributed by atoms with Gasteiger partial charge in [0, 0.05) is 34.7 Å². The maximum Gasteiger partial charge on any atom is 0.307 e. The molecule has 8 heteroatoms. The lowest BCUT2D eigenvalue weighted by Gasteiger charge is -2.19. The highest BCUT2D eigenvalue weighted by molar-refractivity contribution is 7.12. The number of carbonyl (C=O) groups is 2. The Kier molecular flexibility index (Phi) is 5.02. The van der Waals surface area contributed by atoms with Crippen LogP contribution in [0.4, 0.5) is 0 Å². The predicted molar refractivity (Wildman–Crippen MR) is 99.4 cm³/mol. The van der Waals surface area contributed by atoms with Crippen molar-refractivity contribution >= 4 is 40.4 Å². The molecule has 0 radical (unpaired) electrons. The van der Waals surface area contributed by atoms with E-state index in [0.717, 1.165) is 0 Å². The molecule has 2 aliphatic rings. The van der Waals surface area contributed by atoms with E-state index < -0.39 is 11.8 Å². The number of rotatable bonds is 6. The van der Waals surface area contributed by atoms with Gasteiger partial charge in [-0.05, 0) is 19.4 Å². The number of carboxylic acid groups (broad SMARTS) is 1. The van der Waals surface area contributed by atoms with Gasteiger partial charge >= 0.3 is 5.97 Å². The number of allylic oxidation sites excluding steroid dienone is 4. The van der Waals surface area contributed by atoms with Crippen molar-refractivity contribution in [3.63, 3.8) is 0 Å². The fourth-order valence-electron chi connectivity index (χ4n) is 2.98. The minimum absolute atomic E-state index is 0.00560. The van der Waals surface area contributed by atoms with Gasteiger partial charge in [-0.25, -0.2) is 0 Å². The summed E-state index contributed by atoms with van der Waals surface area (Å²) in [6.07, 6.45) is -0.128. The van der Waals surface area contributed by atoms with E-state index >= 15 is 0 Å². The molecule has 2 heterocycles. The molecule has 0 unspecified atom stereocenters. The van der Waals surface area contributed by atoms with E-state index in [2.05, 4.69) is 4.99 Å². The molecule has 3 rings (SSSR count). The molecule has 1 aliphatic heterocycles. The molecule has 0 saturated carbocycles. The van der Waals surface area contributed by atoms with Crippen LogP contribution in [0.25, 0.3) is 0 Å². The summed E-state index contributed by atoms with van der Waals surface area (Å²) in [5.41, 5.74) is 2.16. The molecule has 1 aromatic rings. The summed E-state index contributed by atoms with van der Waals surface area (Å²) in [6, 6.07) is 1.60. The zero-order valence-electron chi connectivity index (χ0n) is 14.1. The Bertz CT molecular complexity index is 935. The summed E-state index contributed by atoms with van der Waals surface area (Å²) < 4.78 is 5.39. The van der Waals surface area contributed by atoms with Gasteiger partial charge in [0.15, 0.2) is 10.8 Å². The van der Waals surface area contributed by atoms with Crippen molar-refractivity contribution in [3.05, 3.63) is 50.2 Å². The Morgan fingerprint density at radius 2 is 2.15 bits per heavy atom. The standard InChI is InChI=1S/C18H16ClNO5S/c1-3-25-14-4-9(7-26-14)17(23)16-15-10(5-13(21)22)8(2)20-12(15)6-11(19)18(16)24/h4,7,24H,3,5-6H2,1-2H3,(H,21,22). The number of thiophene rings is 1. The van der Waals surface area contributed by atoms with Crippen LogP contribution >= 0.6 is 22.9 Å². The first-order valence-electron chi connectivity index (χ1n) is 7.91. The van der Waals surface area contributed by atoms with Crippen molar-refractivity contribution in [3.8, 4) is 5.06 Å². The van der Waals surface area contributed by atoms with Crippen molar-refractivity contribution in [2.24, 2.45) is 4.99 Å². The smallest absolute Gasteiger partial charge is 0.307 e. The number of ketones is 1. The van der Waals surface area contributed by atoms with Crippen LogP contribution in [0.2, 0.25) is 0 Å². The van der Waals surface area contributed by atoms with Crippen molar-refractivity contribution in [1.82, 2.24) is 0 Å². The Labute approximate surface area is 158 Å². The average Bonchev–Trinajstić information content (AvgIpc) is 3.14. The van der Waals surface area contributed by atoms with Gasteiger partial charge in [0.1, 0.15) is 5.76 Å². The molecular formula is C18H16ClNO5S. The zero-order chi connectivity index (χ0) is 19.0. The number of ether oxygens (including phenoxy) is 1. The Hall–Kier alpha value is -2.38. The van der Waals surface area contributed by atoms with Gasteiger partial charge in [-0.2, -0.15) is 0 Å². The highest BCUT2D eigenvalue weighted by Crippen LogP contribution is 2.41. The number of carboxylic acids is 1. The number of Topliss-reactive ketones (excluding diaryl/α,β-unsaturated/α-hetero) is 1. The molecule has 0 aromatic carbocycles. The summed E-state index contributed by atoms with van der Waals surface area (Å²) >= 11 is 7.39. The summed E-state index contributed by atoms with van der Waals surface area (Å²) in [6.45, 7) is 4.00. The van der Waals surface area contributed by atoms with Crippen LogP contribution in [0.5, 0.6) is 5.06 Å². The Morgan fingerprint density at radius 3 is 2.81 bits per heavy atom. The van der Waals surface area contributed by atoms with Gasteiger partial charge in [0.25, 0.3) is 0 Å². The second-order valence-corrected chi connectivity index (χ2v) is 7.12. The molecule has 26 heavy (non-hydrogen) atoms. The third-order valence-corrected chi connectivity index (χ3v) is 5.23. The zero-order valence-corrected chi connectivity index (χ0v) is 15.7. The van der Waals surface area contributed by atoms with Gasteiger partial charge < -0.3 is 14.9 Å². The van der Waals surface area contributed by atoms with Gasteiger partial charge in [0.2, 0.25) is 0 Å². The van der Waals surface area contributed by atoms with E-state index in [0.29, 0.717) is 39.8 Å². The minimum Gasteiger partial charge on any atom is -0.506 e. The molecule has 136 valence electrons. The number of fused-ring (bicyclic) bond motifs is 1. The molecule has 0 amide bonds. The predicted octanol–water partition coefficient (Wildman–Crippen LogP) is 4.24. The number of halogens is 1. The summed E-state index contributed by atoms with van der Waals surface area (Å²) in [4.78, 5) is 28.7. The van der Waals surface area contributed by atoms with Crippen molar-refractivity contribution in [2.45, 2.75) is 26.7 Å². The first-order chi connectivity index (χ1) is 12.3. The normalized spacial score (nSPS) is 16.8. The number of hydrogen-bond donors (Lipinski definition) is 2. The molecule has 6 nitrogen and oxygen atoms in total. The lowest BCUT2D eigenvalue weighted by molar-refractivity contribution is -0.136. The Balaban J connectivity index is 2.13. The van der Waals surface area contributed by atoms with Crippen LogP contribution < -0.4 is 4.74 Å². The van der Waals surface area contributed by atoms with Crippen LogP contribution in [-0.4, -0.2) is 34.3 Å². The third-order valence-electron chi connectivity index (χ3n) is 4.08. The largest absolute Gasteiger partial charge is 0.506 e. The van der Waals surface area contributed by atoms with Crippen LogP contribution in [0.3, 0.4) is 0 Å². The lowest BCUT2D eigenvalue weighted by Crippen LogP contribution is -2.19. The first-order valence-corrected chi connectivity index (χ1v) is 9.17. The van der Waals surface area contributed by atoms with Crippen molar-refractivity contribution in [1.29, 1.82) is 0 Å². The van der Waals surface area contributed by atoms with E-state index in [1.54, 1.807) is 18.4 Å². The van der Waals surface area contributed by atoms with Crippen LogP contribution in [-0.2, 0) is 4.79 Å². The van der Waals surface area contributed by atoms with Gasteiger partial charge in [-0.1, -0.05) is 11.6 Å². The molecule has 0 spiro atoms. The third kappa shape index (κ3) is 3.20. The fourth-order valence-corrected chi connectivity index (χ4v) is 4.00. The number of nitrogens with zero attached hydrogens (tertiary/aromatic N) is 1. The minimum atomic E-state index is -1.04. The number of aliphatic imine (C=N–C) groups is 1. The lowest BCUT2D eigenvalue weighted by atomic mass is 9.85. The molecule has 1 aliphatic carbocycles. The summed E-state index contributed by atoms with van der Waals surface area (Å²) in [5, 5.41) is 22.0. The average molecular weight is 394 g/mol. The number of aliphatic hydroxyl groups excluding tert-OH is 1. The highest BCUT2D eigenvalue weighted by Gasteiger charge is 2.36. The van der Waals surface area contributed by atoms with E-state index in [-0.39, 0.29) is 29.2 Å². The number of aliphatic hydroxyl groups is 1. The quantitative estimate of drug-likeness (QED) is 0.704. The monoisotopic (exact) mass is 393 g/mol. The highest BCUT2D eigenvalue weighted by atomic mass is 35.5. The molecular weight excluding hydrogens is 378 g/mol. The number of carbonyl (C=O) groups excluding carboxylic acids is 1. The van der Waals surface area contributed by atoms with E-state index in [4.69, 9.17) is 16.3 Å². The van der Waals surface area contributed by atoms with Crippen LogP contribution in [0.15, 0.2) is 49.6 Å². The van der Waals surface area contributed by atoms with E-state index in [9.17, 15) is 19.8 Å². The molecule has 0 atom stereocenters. The van der Waals surface area contributed by atoms with Gasteiger partial charge in [-0.15, -0.1) is 11.3 Å². The van der Waals surface area contributed by atoms with Crippen LogP contribution in [0, 0.1) is 0 Å². The topological polar surface area (TPSA) is 96.2 Å². The number of aliphatic carboxylic acids is 1. The SMILES string of the molecule is CCOc1cc(C(=O)C2=C3C(=NC(C)=C3CC(=O)O)CC(Cl)=C2O)cs1. The van der Waals surface area contributed by atoms with Crippen LogP contribution in [0.1, 0.15) is 37.0 Å². The summed E-state index contributed by atoms with van der Waals surface area (Å²) in [7, 11) is 0. The molecule has 0 fully saturated rings. The van der Waals surface area contributed by atoms with Gasteiger partial charge in [-0.3, -0.25) is 14.6 Å². The summed E-state index contributed by atoms with van der Waals surface area (Å²) in [5.74, 6) is -1.81. The van der Waals surface area contributed by atoms with E-state index in [1.807, 2.05) is 6.92 Å². The Morgan fingerprint density at radius 1 is 1.42 bits per heavy atom.